The Morgan fingerprint density at radius 2 is 1.67 bits per heavy atom. The number of thioether (sulfide) groups is 1. The second kappa shape index (κ2) is 10.0. The molecule has 2 heterocycles. The van der Waals surface area contributed by atoms with Gasteiger partial charge in [-0.15, -0.1) is 10.2 Å². The molecule has 0 saturated carbocycles. The summed E-state index contributed by atoms with van der Waals surface area (Å²) < 4.78 is 13.0. The molecule has 4 aromatic rings. The van der Waals surface area contributed by atoms with Crippen molar-refractivity contribution in [3.8, 4) is 0 Å². The fourth-order valence-electron chi connectivity index (χ4n) is 3.14. The lowest BCUT2D eigenvalue weighted by atomic mass is 10.1. The van der Waals surface area contributed by atoms with E-state index in [-0.39, 0.29) is 36.0 Å². The molecule has 0 spiro atoms. The van der Waals surface area contributed by atoms with Crippen molar-refractivity contribution in [2.24, 2.45) is 0 Å². The van der Waals surface area contributed by atoms with Crippen molar-refractivity contribution in [2.75, 3.05) is 24.3 Å². The molecule has 0 aliphatic heterocycles. The molecule has 2 aromatic heterocycles. The first-order valence-electron chi connectivity index (χ1n) is 10.1. The Balaban J connectivity index is 1.51. The zero-order valence-corrected chi connectivity index (χ0v) is 19.5. The van der Waals surface area contributed by atoms with Gasteiger partial charge in [-0.1, -0.05) is 35.2 Å². The van der Waals surface area contributed by atoms with Gasteiger partial charge in [0.15, 0.2) is 5.16 Å². The number of amides is 1. The summed E-state index contributed by atoms with van der Waals surface area (Å²) in [6.45, 7) is 3.74. The van der Waals surface area contributed by atoms with Crippen LogP contribution in [0.25, 0.3) is 15.2 Å². The number of benzene rings is 2. The number of anilines is 1. The lowest BCUT2D eigenvalue weighted by Crippen LogP contribution is -2.16. The lowest BCUT2D eigenvalue weighted by Gasteiger charge is -2.10. The second-order valence-electron chi connectivity index (χ2n) is 6.75. The van der Waals surface area contributed by atoms with Crippen LogP contribution in [0, 0.1) is 0 Å². The molecule has 1 amide bonds. The molecule has 0 saturated heterocycles. The van der Waals surface area contributed by atoms with Crippen LogP contribution in [0.15, 0.2) is 47.6 Å². The van der Waals surface area contributed by atoms with Gasteiger partial charge in [-0.2, -0.15) is 0 Å². The van der Waals surface area contributed by atoms with Crippen LogP contribution in [-0.4, -0.2) is 51.4 Å². The summed E-state index contributed by atoms with van der Waals surface area (Å²) in [6, 6.07) is 12.2. The third-order valence-corrected chi connectivity index (χ3v) is 6.42. The van der Waals surface area contributed by atoms with Crippen LogP contribution >= 0.6 is 23.1 Å². The Bertz CT molecular complexity index is 1310. The van der Waals surface area contributed by atoms with E-state index >= 15 is 0 Å². The SMILES string of the molecule is CCOC(=O)c1cc(NC(=O)CSc2nnc3sc4ccccc4n23)cc(C(=O)OCC)c1. The monoisotopic (exact) mass is 484 g/mol. The van der Waals surface area contributed by atoms with Crippen LogP contribution in [0.2, 0.25) is 0 Å². The maximum absolute atomic E-state index is 12.6. The minimum atomic E-state index is -0.594. The molecule has 0 radical (unpaired) electrons. The van der Waals surface area contributed by atoms with Gasteiger partial charge in [0.25, 0.3) is 0 Å². The van der Waals surface area contributed by atoms with E-state index in [1.165, 1.54) is 41.3 Å². The molecule has 4 rings (SSSR count). The number of carbonyl (C=O) groups excluding carboxylic acids is 3. The number of para-hydroxylation sites is 1. The number of hydrogen-bond acceptors (Lipinski definition) is 9. The Morgan fingerprint density at radius 3 is 2.33 bits per heavy atom. The summed E-state index contributed by atoms with van der Waals surface area (Å²) in [4.78, 5) is 37.8. The van der Waals surface area contributed by atoms with E-state index in [2.05, 4.69) is 15.5 Å². The van der Waals surface area contributed by atoms with Gasteiger partial charge in [0.05, 0.1) is 40.3 Å². The number of rotatable bonds is 8. The molecule has 0 aliphatic carbocycles. The number of carbonyl (C=O) groups is 3. The highest BCUT2D eigenvalue weighted by atomic mass is 32.2. The van der Waals surface area contributed by atoms with Crippen molar-refractivity contribution in [1.82, 2.24) is 14.6 Å². The minimum absolute atomic E-state index is 0.0589. The molecule has 1 N–H and O–H groups in total. The number of nitrogens with one attached hydrogen (secondary N) is 1. The highest BCUT2D eigenvalue weighted by molar-refractivity contribution is 7.99. The van der Waals surface area contributed by atoms with Gasteiger partial charge < -0.3 is 14.8 Å². The molecule has 170 valence electrons. The van der Waals surface area contributed by atoms with Crippen molar-refractivity contribution in [2.45, 2.75) is 19.0 Å². The van der Waals surface area contributed by atoms with E-state index in [0.717, 1.165) is 15.2 Å². The Morgan fingerprint density at radius 1 is 1.00 bits per heavy atom. The first kappa shape index (κ1) is 22.7. The molecule has 0 atom stereocenters. The van der Waals surface area contributed by atoms with Gasteiger partial charge in [0, 0.05) is 5.69 Å². The third kappa shape index (κ3) is 4.99. The predicted molar refractivity (Wildman–Crippen MR) is 126 cm³/mol. The normalized spacial score (nSPS) is 11.0. The summed E-state index contributed by atoms with van der Waals surface area (Å²) in [5, 5.41) is 11.7. The van der Waals surface area contributed by atoms with E-state index in [9.17, 15) is 14.4 Å². The van der Waals surface area contributed by atoms with E-state index < -0.39 is 11.9 Å². The van der Waals surface area contributed by atoms with Crippen molar-refractivity contribution < 1.29 is 23.9 Å². The van der Waals surface area contributed by atoms with Crippen LogP contribution in [0.4, 0.5) is 5.69 Å². The van der Waals surface area contributed by atoms with Gasteiger partial charge in [0.2, 0.25) is 10.9 Å². The average molecular weight is 485 g/mol. The number of ether oxygens (including phenoxy) is 2. The number of fused-ring (bicyclic) bond motifs is 3. The van der Waals surface area contributed by atoms with Crippen LogP contribution < -0.4 is 5.32 Å². The van der Waals surface area contributed by atoms with Crippen LogP contribution in [0.3, 0.4) is 0 Å². The lowest BCUT2D eigenvalue weighted by molar-refractivity contribution is -0.113. The predicted octanol–water partition coefficient (Wildman–Crippen LogP) is 4.03. The topological polar surface area (TPSA) is 112 Å². The standard InChI is InChI=1S/C22H20N4O5S2/c1-3-30-19(28)13-9-14(20(29)31-4-2)11-15(10-13)23-18(27)12-32-21-24-25-22-26(21)16-7-5-6-8-17(16)33-22/h5-11H,3-4,12H2,1-2H3,(H,23,27). The molecule has 33 heavy (non-hydrogen) atoms. The van der Waals surface area contributed by atoms with Crippen LogP contribution in [-0.2, 0) is 14.3 Å². The summed E-state index contributed by atoms with van der Waals surface area (Å²) in [5.74, 6) is -1.46. The summed E-state index contributed by atoms with van der Waals surface area (Å²) in [5.41, 5.74) is 1.57. The minimum Gasteiger partial charge on any atom is -0.462 e. The van der Waals surface area contributed by atoms with Gasteiger partial charge in [0.1, 0.15) is 0 Å². The smallest absolute Gasteiger partial charge is 0.338 e. The van der Waals surface area contributed by atoms with E-state index in [4.69, 9.17) is 9.47 Å². The zero-order chi connectivity index (χ0) is 23.4. The van der Waals surface area contributed by atoms with Crippen molar-refractivity contribution in [3.63, 3.8) is 0 Å². The first-order valence-corrected chi connectivity index (χ1v) is 11.9. The zero-order valence-electron chi connectivity index (χ0n) is 17.9. The molecule has 0 aliphatic rings. The fraction of sp³-hybridized carbons (Fsp3) is 0.227. The van der Waals surface area contributed by atoms with Crippen molar-refractivity contribution >= 4 is 61.8 Å². The molecule has 11 heteroatoms. The van der Waals surface area contributed by atoms with Crippen molar-refractivity contribution in [1.29, 1.82) is 0 Å². The summed E-state index contributed by atoms with van der Waals surface area (Å²) >= 11 is 2.77. The van der Waals surface area contributed by atoms with Crippen LogP contribution in [0.1, 0.15) is 34.6 Å². The maximum atomic E-state index is 12.6. The number of aromatic nitrogens is 3. The highest BCUT2D eigenvalue weighted by Crippen LogP contribution is 2.29. The number of esters is 2. The molecule has 0 bridgehead atoms. The molecular formula is C22H20N4O5S2. The number of hydrogen-bond donors (Lipinski definition) is 1. The highest BCUT2D eigenvalue weighted by Gasteiger charge is 2.17. The third-order valence-electron chi connectivity index (χ3n) is 4.48. The largest absolute Gasteiger partial charge is 0.462 e. The van der Waals surface area contributed by atoms with E-state index in [1.807, 2.05) is 28.7 Å². The molecule has 2 aromatic carbocycles. The first-order chi connectivity index (χ1) is 16.0. The maximum Gasteiger partial charge on any atom is 0.338 e. The van der Waals surface area contributed by atoms with Crippen LogP contribution in [0.5, 0.6) is 0 Å². The second-order valence-corrected chi connectivity index (χ2v) is 8.70. The Labute approximate surface area is 197 Å². The molecule has 9 nitrogen and oxygen atoms in total. The fourth-order valence-corrected chi connectivity index (χ4v) is 4.91. The average Bonchev–Trinajstić information content (AvgIpc) is 3.37. The van der Waals surface area contributed by atoms with Gasteiger partial charge in [-0.05, 0) is 44.2 Å². The Kier molecular flexibility index (Phi) is 6.90. The van der Waals surface area contributed by atoms with E-state index in [1.54, 1.807) is 13.8 Å². The molecule has 0 unspecified atom stereocenters. The van der Waals surface area contributed by atoms with Gasteiger partial charge in [-0.3, -0.25) is 9.20 Å². The van der Waals surface area contributed by atoms with E-state index in [0.29, 0.717) is 10.8 Å². The van der Waals surface area contributed by atoms with Crippen molar-refractivity contribution in [3.05, 3.63) is 53.6 Å². The quantitative estimate of drug-likeness (QED) is 0.295. The molecular weight excluding hydrogens is 464 g/mol. The van der Waals surface area contributed by atoms with Gasteiger partial charge >= 0.3 is 11.9 Å². The number of nitrogens with zero attached hydrogens (tertiary/aromatic N) is 3. The molecule has 0 fully saturated rings. The Hall–Kier alpha value is -3.44. The summed E-state index contributed by atoms with van der Waals surface area (Å²) in [6.07, 6.45) is 0. The van der Waals surface area contributed by atoms with Gasteiger partial charge in [-0.25, -0.2) is 9.59 Å². The number of thiazole rings is 1. The summed E-state index contributed by atoms with van der Waals surface area (Å²) in [7, 11) is 0.